The van der Waals surface area contributed by atoms with Gasteiger partial charge < -0.3 is 0 Å². The van der Waals surface area contributed by atoms with Crippen molar-refractivity contribution in [2.24, 2.45) is 0 Å². The second-order valence-corrected chi connectivity index (χ2v) is 9.52. The van der Waals surface area contributed by atoms with Gasteiger partial charge in [-0.25, -0.2) is 4.98 Å². The van der Waals surface area contributed by atoms with Crippen molar-refractivity contribution in [2.45, 2.75) is 55.6 Å². The molecule has 4 nitrogen and oxygen atoms in total. The highest BCUT2D eigenvalue weighted by Crippen LogP contribution is 2.49. The number of nitrogens with zero attached hydrogens (tertiary/aromatic N) is 3. The molecule has 0 radical (unpaired) electrons. The van der Waals surface area contributed by atoms with Crippen molar-refractivity contribution in [3.05, 3.63) is 81.6 Å². The van der Waals surface area contributed by atoms with Crippen LogP contribution in [0.25, 0.3) is 11.3 Å². The molecule has 1 aromatic heterocycles. The summed E-state index contributed by atoms with van der Waals surface area (Å²) in [4.78, 5) is 19.1. The van der Waals surface area contributed by atoms with E-state index in [1.54, 1.807) is 0 Å². The van der Waals surface area contributed by atoms with Crippen LogP contribution in [0.3, 0.4) is 0 Å². The third-order valence-corrected chi connectivity index (χ3v) is 7.60. The summed E-state index contributed by atoms with van der Waals surface area (Å²) in [6.07, 6.45) is 6.12. The van der Waals surface area contributed by atoms with E-state index >= 15 is 0 Å². The fraction of sp³-hybridized carbons (Fsp3) is 0.346. The van der Waals surface area contributed by atoms with Crippen LogP contribution >= 0.6 is 11.8 Å². The predicted molar refractivity (Wildman–Crippen MR) is 124 cm³/mol. The SMILES string of the molecule is N#CCSc1nc2c(c(=O)n1CCc1ccccc1)C1(CCCC1)Cc1ccccc1-2. The zero-order valence-electron chi connectivity index (χ0n) is 17.5. The quantitative estimate of drug-likeness (QED) is 0.418. The Morgan fingerprint density at radius 2 is 1.81 bits per heavy atom. The van der Waals surface area contributed by atoms with Gasteiger partial charge in [-0.1, -0.05) is 79.2 Å². The third-order valence-electron chi connectivity index (χ3n) is 6.76. The molecule has 5 heteroatoms. The monoisotopic (exact) mass is 427 g/mol. The molecule has 5 rings (SSSR count). The van der Waals surface area contributed by atoms with Gasteiger partial charge >= 0.3 is 0 Å². The average Bonchev–Trinajstić information content (AvgIpc) is 3.26. The van der Waals surface area contributed by atoms with Crippen LogP contribution in [0.15, 0.2) is 64.5 Å². The van der Waals surface area contributed by atoms with Crippen LogP contribution in [0, 0.1) is 11.3 Å². The Morgan fingerprint density at radius 1 is 1.06 bits per heavy atom. The van der Waals surface area contributed by atoms with Crippen molar-refractivity contribution in [1.29, 1.82) is 5.26 Å². The van der Waals surface area contributed by atoms with Crippen molar-refractivity contribution in [2.75, 3.05) is 5.75 Å². The van der Waals surface area contributed by atoms with Gasteiger partial charge in [0.25, 0.3) is 5.56 Å². The van der Waals surface area contributed by atoms with Crippen molar-refractivity contribution in [1.82, 2.24) is 9.55 Å². The Kier molecular flexibility index (Phi) is 5.41. The highest BCUT2D eigenvalue weighted by Gasteiger charge is 2.44. The minimum absolute atomic E-state index is 0.0952. The van der Waals surface area contributed by atoms with Crippen molar-refractivity contribution < 1.29 is 0 Å². The van der Waals surface area contributed by atoms with Crippen LogP contribution < -0.4 is 5.56 Å². The molecule has 2 aromatic carbocycles. The molecule has 0 saturated heterocycles. The topological polar surface area (TPSA) is 58.7 Å². The largest absolute Gasteiger partial charge is 0.287 e. The molecule has 0 aliphatic heterocycles. The van der Waals surface area contributed by atoms with E-state index in [0.717, 1.165) is 55.3 Å². The molecule has 0 N–H and O–H groups in total. The van der Waals surface area contributed by atoms with E-state index in [-0.39, 0.29) is 16.7 Å². The van der Waals surface area contributed by atoms with E-state index < -0.39 is 0 Å². The molecule has 2 aliphatic carbocycles. The lowest BCUT2D eigenvalue weighted by atomic mass is 9.68. The number of aromatic nitrogens is 2. The highest BCUT2D eigenvalue weighted by molar-refractivity contribution is 7.99. The number of benzene rings is 2. The lowest BCUT2D eigenvalue weighted by Gasteiger charge is -2.36. The van der Waals surface area contributed by atoms with Crippen LogP contribution in [-0.2, 0) is 24.8 Å². The maximum absolute atomic E-state index is 14.0. The van der Waals surface area contributed by atoms with E-state index in [9.17, 15) is 10.1 Å². The van der Waals surface area contributed by atoms with Gasteiger partial charge in [-0.2, -0.15) is 5.26 Å². The molecule has 1 saturated carbocycles. The van der Waals surface area contributed by atoms with Gasteiger partial charge in [0, 0.05) is 17.5 Å². The van der Waals surface area contributed by atoms with E-state index in [4.69, 9.17) is 4.98 Å². The summed E-state index contributed by atoms with van der Waals surface area (Å²) in [6, 6.07) is 20.8. The van der Waals surface area contributed by atoms with Gasteiger partial charge in [0.05, 0.1) is 23.1 Å². The summed E-state index contributed by atoms with van der Waals surface area (Å²) in [7, 11) is 0. The molecule has 1 heterocycles. The molecule has 1 fully saturated rings. The maximum atomic E-state index is 14.0. The number of hydrogen-bond donors (Lipinski definition) is 0. The Balaban J connectivity index is 1.67. The standard InChI is InChI=1S/C26H25N3OS/c27-15-17-31-25-28-23-21-11-5-4-10-20(21)18-26(13-6-7-14-26)22(23)24(30)29(25)16-12-19-8-2-1-3-9-19/h1-5,8-11H,6-7,12-14,16-18H2. The molecule has 0 atom stereocenters. The normalized spacial score (nSPS) is 16.0. The van der Waals surface area contributed by atoms with Crippen LogP contribution in [-0.4, -0.2) is 15.3 Å². The Morgan fingerprint density at radius 3 is 2.58 bits per heavy atom. The molecule has 0 unspecified atom stereocenters. The van der Waals surface area contributed by atoms with E-state index in [1.807, 2.05) is 28.8 Å². The first-order chi connectivity index (χ1) is 15.2. The molecule has 156 valence electrons. The molecule has 0 amide bonds. The van der Waals surface area contributed by atoms with E-state index in [2.05, 4.69) is 36.4 Å². The Hall–Kier alpha value is -2.84. The summed E-state index contributed by atoms with van der Waals surface area (Å²) >= 11 is 1.37. The van der Waals surface area contributed by atoms with Gasteiger partial charge in [-0.3, -0.25) is 9.36 Å². The second kappa shape index (κ2) is 8.36. The first-order valence-corrected chi connectivity index (χ1v) is 12.0. The zero-order chi connectivity index (χ0) is 21.3. The summed E-state index contributed by atoms with van der Waals surface area (Å²) in [5.41, 5.74) is 5.34. The molecule has 31 heavy (non-hydrogen) atoms. The number of fused-ring (bicyclic) bond motifs is 4. The summed E-state index contributed by atoms with van der Waals surface area (Å²) in [5, 5.41) is 9.83. The first kappa shape index (κ1) is 20.1. The van der Waals surface area contributed by atoms with Crippen LogP contribution in [0.2, 0.25) is 0 Å². The van der Waals surface area contributed by atoms with Gasteiger partial charge in [-0.15, -0.1) is 0 Å². The number of rotatable bonds is 5. The number of thioether (sulfide) groups is 1. The first-order valence-electron chi connectivity index (χ1n) is 11.0. The highest BCUT2D eigenvalue weighted by atomic mass is 32.2. The van der Waals surface area contributed by atoms with Gasteiger partial charge in [0.15, 0.2) is 5.16 Å². The predicted octanol–water partition coefficient (Wildman–Crippen LogP) is 5.14. The van der Waals surface area contributed by atoms with Gasteiger partial charge in [0.1, 0.15) is 0 Å². The van der Waals surface area contributed by atoms with Crippen molar-refractivity contribution in [3.63, 3.8) is 0 Å². The lowest BCUT2D eigenvalue weighted by Crippen LogP contribution is -2.40. The fourth-order valence-electron chi connectivity index (χ4n) is 5.33. The van der Waals surface area contributed by atoms with Crippen molar-refractivity contribution in [3.8, 4) is 17.3 Å². The Bertz CT molecular complexity index is 1200. The maximum Gasteiger partial charge on any atom is 0.258 e. The number of nitriles is 1. The van der Waals surface area contributed by atoms with Crippen molar-refractivity contribution >= 4 is 11.8 Å². The molecular formula is C26H25N3OS. The van der Waals surface area contributed by atoms with E-state index in [0.29, 0.717) is 11.7 Å². The summed E-state index contributed by atoms with van der Waals surface area (Å²) in [6.45, 7) is 0.578. The lowest BCUT2D eigenvalue weighted by molar-refractivity contribution is 0.415. The molecule has 0 bridgehead atoms. The van der Waals surface area contributed by atoms with Crippen LogP contribution in [0.5, 0.6) is 0 Å². The zero-order valence-corrected chi connectivity index (χ0v) is 18.3. The summed E-state index contributed by atoms with van der Waals surface area (Å²) in [5.74, 6) is 0.281. The average molecular weight is 428 g/mol. The van der Waals surface area contributed by atoms with Gasteiger partial charge in [-0.05, 0) is 36.8 Å². The molecule has 3 aromatic rings. The second-order valence-electron chi connectivity index (χ2n) is 8.58. The minimum atomic E-state index is -0.0965. The summed E-state index contributed by atoms with van der Waals surface area (Å²) < 4.78 is 1.84. The minimum Gasteiger partial charge on any atom is -0.287 e. The van der Waals surface area contributed by atoms with E-state index in [1.165, 1.54) is 22.9 Å². The number of aryl methyl sites for hydroxylation is 1. The van der Waals surface area contributed by atoms with Crippen LogP contribution in [0.1, 0.15) is 42.4 Å². The smallest absolute Gasteiger partial charge is 0.258 e. The molecular weight excluding hydrogens is 402 g/mol. The van der Waals surface area contributed by atoms with Gasteiger partial charge in [0.2, 0.25) is 0 Å². The third kappa shape index (κ3) is 3.59. The fourth-order valence-corrected chi connectivity index (χ4v) is 6.01. The number of hydrogen-bond acceptors (Lipinski definition) is 4. The van der Waals surface area contributed by atoms with Crippen LogP contribution in [0.4, 0.5) is 0 Å². The Labute approximate surface area is 187 Å². The molecule has 2 aliphatic rings. The molecule has 1 spiro atoms.